The maximum atomic E-state index is 11.7. The molecular formula is C10H21NO3S. The van der Waals surface area contributed by atoms with Crippen molar-refractivity contribution in [2.45, 2.75) is 50.5 Å². The zero-order chi connectivity index (χ0) is 11.5. The highest BCUT2D eigenvalue weighted by molar-refractivity contribution is 7.92. The van der Waals surface area contributed by atoms with Crippen LogP contribution in [-0.4, -0.2) is 38.2 Å². The average Bonchev–Trinajstić information content (AvgIpc) is 2.13. The Morgan fingerprint density at radius 3 is 2.60 bits per heavy atom. The van der Waals surface area contributed by atoms with Gasteiger partial charge in [0.1, 0.15) is 0 Å². The molecule has 1 fully saturated rings. The molecule has 0 amide bonds. The molecule has 1 aliphatic heterocycles. The lowest BCUT2D eigenvalue weighted by Gasteiger charge is -2.27. The van der Waals surface area contributed by atoms with Crippen molar-refractivity contribution >= 4 is 9.84 Å². The first-order valence-electron chi connectivity index (χ1n) is 5.52. The fourth-order valence-corrected chi connectivity index (χ4v) is 3.92. The van der Waals surface area contributed by atoms with Gasteiger partial charge in [0.15, 0.2) is 9.84 Å². The van der Waals surface area contributed by atoms with Gasteiger partial charge in [0, 0.05) is 6.04 Å². The van der Waals surface area contributed by atoms with Crippen LogP contribution in [0.4, 0.5) is 0 Å². The van der Waals surface area contributed by atoms with Crippen molar-refractivity contribution in [1.82, 2.24) is 0 Å². The summed E-state index contributed by atoms with van der Waals surface area (Å²) in [5, 5.41) is -0.398. The molecule has 90 valence electrons. The number of rotatable bonds is 4. The predicted octanol–water partition coefficient (Wildman–Crippen LogP) is 0.706. The smallest absolute Gasteiger partial charge is 0.154 e. The monoisotopic (exact) mass is 235 g/mol. The maximum absolute atomic E-state index is 11.7. The van der Waals surface area contributed by atoms with Gasteiger partial charge < -0.3 is 10.5 Å². The molecule has 2 unspecified atom stereocenters. The van der Waals surface area contributed by atoms with Crippen molar-refractivity contribution in [2.75, 3.05) is 12.4 Å². The molecule has 1 rings (SSSR count). The SMILES string of the molecule is CC(C)OCC(N)C1CCCCS1(=O)=O. The molecule has 2 atom stereocenters. The highest BCUT2D eigenvalue weighted by Gasteiger charge is 2.33. The minimum atomic E-state index is -2.98. The van der Waals surface area contributed by atoms with Crippen molar-refractivity contribution in [3.05, 3.63) is 0 Å². The lowest BCUT2D eigenvalue weighted by Crippen LogP contribution is -2.46. The van der Waals surface area contributed by atoms with Crippen molar-refractivity contribution in [3.63, 3.8) is 0 Å². The first-order valence-corrected chi connectivity index (χ1v) is 7.24. The first kappa shape index (κ1) is 12.9. The molecular weight excluding hydrogens is 214 g/mol. The average molecular weight is 235 g/mol. The lowest BCUT2D eigenvalue weighted by atomic mass is 10.1. The second-order valence-corrected chi connectivity index (χ2v) is 6.79. The number of sulfone groups is 1. The summed E-state index contributed by atoms with van der Waals surface area (Å²) in [7, 11) is -2.98. The molecule has 0 radical (unpaired) electrons. The standard InChI is InChI=1S/C10H21NO3S/c1-8(2)14-7-9(11)10-5-3-4-6-15(10,12)13/h8-10H,3-7,11H2,1-2H3. The molecule has 0 spiro atoms. The van der Waals surface area contributed by atoms with Gasteiger partial charge in [-0.25, -0.2) is 8.42 Å². The van der Waals surface area contributed by atoms with Gasteiger partial charge in [-0.15, -0.1) is 0 Å². The van der Waals surface area contributed by atoms with Crippen LogP contribution in [0, 0.1) is 0 Å². The number of hydrogen-bond donors (Lipinski definition) is 1. The summed E-state index contributed by atoms with van der Waals surface area (Å²) in [5.74, 6) is 0.285. The fourth-order valence-electron chi connectivity index (χ4n) is 1.87. The minimum Gasteiger partial charge on any atom is -0.377 e. The van der Waals surface area contributed by atoms with Crippen LogP contribution >= 0.6 is 0 Å². The third-order valence-corrected chi connectivity index (χ3v) is 5.09. The number of ether oxygens (including phenoxy) is 1. The van der Waals surface area contributed by atoms with E-state index in [2.05, 4.69) is 0 Å². The fraction of sp³-hybridized carbons (Fsp3) is 1.00. The van der Waals surface area contributed by atoms with Gasteiger partial charge in [0.2, 0.25) is 0 Å². The molecule has 1 saturated heterocycles. The van der Waals surface area contributed by atoms with E-state index in [-0.39, 0.29) is 17.9 Å². The summed E-state index contributed by atoms with van der Waals surface area (Å²) in [6.45, 7) is 4.17. The van der Waals surface area contributed by atoms with Gasteiger partial charge in [-0.3, -0.25) is 0 Å². The molecule has 0 aromatic heterocycles. The topological polar surface area (TPSA) is 69.4 Å². The molecule has 2 N–H and O–H groups in total. The zero-order valence-electron chi connectivity index (χ0n) is 9.48. The first-order chi connectivity index (χ1) is 6.93. The van der Waals surface area contributed by atoms with Crippen molar-refractivity contribution in [1.29, 1.82) is 0 Å². The third kappa shape index (κ3) is 3.74. The Labute approximate surface area is 92.1 Å². The highest BCUT2D eigenvalue weighted by atomic mass is 32.2. The van der Waals surface area contributed by atoms with E-state index < -0.39 is 15.1 Å². The van der Waals surface area contributed by atoms with Crippen LogP contribution < -0.4 is 5.73 Å². The summed E-state index contributed by atoms with van der Waals surface area (Å²) in [5.41, 5.74) is 5.87. The Kier molecular flexibility index (Phi) is 4.55. The summed E-state index contributed by atoms with van der Waals surface area (Å²) >= 11 is 0. The molecule has 1 aliphatic rings. The van der Waals surface area contributed by atoms with E-state index in [1.165, 1.54) is 0 Å². The summed E-state index contributed by atoms with van der Waals surface area (Å²) in [6.07, 6.45) is 2.52. The molecule has 5 heteroatoms. The molecule has 4 nitrogen and oxygen atoms in total. The second kappa shape index (κ2) is 5.27. The van der Waals surface area contributed by atoms with Gasteiger partial charge in [-0.2, -0.15) is 0 Å². The summed E-state index contributed by atoms with van der Waals surface area (Å²) < 4.78 is 28.8. The minimum absolute atomic E-state index is 0.0994. The van der Waals surface area contributed by atoms with Crippen LogP contribution in [-0.2, 0) is 14.6 Å². The van der Waals surface area contributed by atoms with E-state index in [0.29, 0.717) is 13.0 Å². The molecule has 0 aromatic rings. The molecule has 1 heterocycles. The Morgan fingerprint density at radius 2 is 2.07 bits per heavy atom. The Bertz CT molecular complexity index is 287. The van der Waals surface area contributed by atoms with Crippen molar-refractivity contribution in [2.24, 2.45) is 5.73 Å². The van der Waals surface area contributed by atoms with Crippen LogP contribution in [0.5, 0.6) is 0 Å². The van der Waals surface area contributed by atoms with Gasteiger partial charge >= 0.3 is 0 Å². The van der Waals surface area contributed by atoms with Crippen LogP contribution in [0.1, 0.15) is 33.1 Å². The normalized spacial score (nSPS) is 27.9. The molecule has 0 saturated carbocycles. The van der Waals surface area contributed by atoms with Crippen LogP contribution in [0.2, 0.25) is 0 Å². The molecule has 0 aromatic carbocycles. The lowest BCUT2D eigenvalue weighted by molar-refractivity contribution is 0.0668. The van der Waals surface area contributed by atoms with E-state index >= 15 is 0 Å². The van der Waals surface area contributed by atoms with Gasteiger partial charge in [0.25, 0.3) is 0 Å². The number of hydrogen-bond acceptors (Lipinski definition) is 4. The van der Waals surface area contributed by atoms with Crippen LogP contribution in [0.25, 0.3) is 0 Å². The van der Waals surface area contributed by atoms with E-state index in [0.717, 1.165) is 12.8 Å². The Morgan fingerprint density at radius 1 is 1.40 bits per heavy atom. The van der Waals surface area contributed by atoms with Gasteiger partial charge in [-0.1, -0.05) is 6.42 Å². The highest BCUT2D eigenvalue weighted by Crippen LogP contribution is 2.21. The molecule has 15 heavy (non-hydrogen) atoms. The van der Waals surface area contributed by atoms with E-state index in [1.807, 2.05) is 13.8 Å². The second-order valence-electron chi connectivity index (χ2n) is 4.45. The largest absolute Gasteiger partial charge is 0.377 e. The van der Waals surface area contributed by atoms with E-state index in [9.17, 15) is 8.42 Å². The van der Waals surface area contributed by atoms with E-state index in [4.69, 9.17) is 10.5 Å². The maximum Gasteiger partial charge on any atom is 0.154 e. The quantitative estimate of drug-likeness (QED) is 0.779. The zero-order valence-corrected chi connectivity index (χ0v) is 10.3. The molecule has 0 aliphatic carbocycles. The van der Waals surface area contributed by atoms with Crippen molar-refractivity contribution in [3.8, 4) is 0 Å². The van der Waals surface area contributed by atoms with E-state index in [1.54, 1.807) is 0 Å². The Balaban J connectivity index is 2.53. The molecule has 0 bridgehead atoms. The summed E-state index contributed by atoms with van der Waals surface area (Å²) in [6, 6.07) is -0.377. The summed E-state index contributed by atoms with van der Waals surface area (Å²) in [4.78, 5) is 0. The van der Waals surface area contributed by atoms with Gasteiger partial charge in [0.05, 0.1) is 23.7 Å². The third-order valence-electron chi connectivity index (χ3n) is 2.73. The Hall–Kier alpha value is -0.130. The van der Waals surface area contributed by atoms with Crippen LogP contribution in [0.15, 0.2) is 0 Å². The number of nitrogens with two attached hydrogens (primary N) is 1. The van der Waals surface area contributed by atoms with Crippen LogP contribution in [0.3, 0.4) is 0 Å². The van der Waals surface area contributed by atoms with Gasteiger partial charge in [-0.05, 0) is 26.7 Å². The van der Waals surface area contributed by atoms with Crippen molar-refractivity contribution < 1.29 is 13.2 Å². The predicted molar refractivity (Wildman–Crippen MR) is 60.5 cm³/mol.